The molecule has 2 aromatic heterocycles. The molecule has 1 N–H and O–H groups in total. The van der Waals surface area contributed by atoms with Crippen LogP contribution in [0, 0.1) is 0 Å². The van der Waals surface area contributed by atoms with Crippen LogP contribution in [-0.4, -0.2) is 15.9 Å². The number of pyridine rings is 1. The fourth-order valence-electron chi connectivity index (χ4n) is 1.34. The number of amides is 1. The SMILES string of the molecule is CC(=O)Nc1ccc(-c2csc(C(F)(F)F)n2)nc1. The molecule has 2 aromatic rings. The van der Waals surface area contributed by atoms with E-state index in [0.29, 0.717) is 22.7 Å². The number of alkyl halides is 3. The third kappa shape index (κ3) is 3.28. The lowest BCUT2D eigenvalue weighted by Crippen LogP contribution is -2.06. The highest BCUT2D eigenvalue weighted by molar-refractivity contribution is 7.10. The first kappa shape index (κ1) is 13.5. The van der Waals surface area contributed by atoms with Crippen LogP contribution >= 0.6 is 11.3 Å². The van der Waals surface area contributed by atoms with Crippen molar-refractivity contribution in [2.24, 2.45) is 0 Å². The van der Waals surface area contributed by atoms with E-state index >= 15 is 0 Å². The number of rotatable bonds is 2. The summed E-state index contributed by atoms with van der Waals surface area (Å²) >= 11 is 0.520. The Bertz CT molecular complexity index is 592. The minimum absolute atomic E-state index is 0.159. The lowest BCUT2D eigenvalue weighted by molar-refractivity contribution is -0.137. The Balaban J connectivity index is 2.23. The number of thiazole rings is 1. The number of anilines is 1. The van der Waals surface area contributed by atoms with Crippen molar-refractivity contribution in [3.63, 3.8) is 0 Å². The van der Waals surface area contributed by atoms with Crippen LogP contribution in [0.2, 0.25) is 0 Å². The quantitative estimate of drug-likeness (QED) is 0.923. The van der Waals surface area contributed by atoms with Gasteiger partial charge in [0.15, 0.2) is 5.01 Å². The van der Waals surface area contributed by atoms with E-state index < -0.39 is 11.2 Å². The zero-order valence-electron chi connectivity index (χ0n) is 9.65. The summed E-state index contributed by atoms with van der Waals surface area (Å²) in [5.74, 6) is -0.248. The molecule has 0 aliphatic heterocycles. The zero-order valence-corrected chi connectivity index (χ0v) is 10.5. The molecule has 0 saturated heterocycles. The van der Waals surface area contributed by atoms with Crippen LogP contribution in [0.5, 0.6) is 0 Å². The average Bonchev–Trinajstić information content (AvgIpc) is 2.78. The minimum atomic E-state index is -4.45. The van der Waals surface area contributed by atoms with Gasteiger partial charge in [0.05, 0.1) is 17.6 Å². The maximum Gasteiger partial charge on any atom is 0.443 e. The Morgan fingerprint density at radius 3 is 2.53 bits per heavy atom. The Hall–Kier alpha value is -1.96. The smallest absolute Gasteiger partial charge is 0.325 e. The Morgan fingerprint density at radius 1 is 1.32 bits per heavy atom. The number of nitrogens with zero attached hydrogens (tertiary/aromatic N) is 2. The van der Waals surface area contributed by atoms with Crippen molar-refractivity contribution in [1.29, 1.82) is 0 Å². The first-order valence-corrected chi connectivity index (χ1v) is 6.01. The molecule has 100 valence electrons. The Labute approximate surface area is 110 Å². The molecule has 2 heterocycles. The number of carbonyl (C=O) groups is 1. The average molecular weight is 287 g/mol. The molecule has 0 atom stereocenters. The summed E-state index contributed by atoms with van der Waals surface area (Å²) in [7, 11) is 0. The second-order valence-electron chi connectivity index (χ2n) is 3.65. The van der Waals surface area contributed by atoms with Crippen molar-refractivity contribution < 1.29 is 18.0 Å². The van der Waals surface area contributed by atoms with Crippen LogP contribution in [0.3, 0.4) is 0 Å². The van der Waals surface area contributed by atoms with Crippen LogP contribution in [-0.2, 0) is 11.0 Å². The monoisotopic (exact) mass is 287 g/mol. The van der Waals surface area contributed by atoms with Gasteiger partial charge < -0.3 is 5.32 Å². The fraction of sp³-hybridized carbons (Fsp3) is 0.182. The van der Waals surface area contributed by atoms with Gasteiger partial charge in [0, 0.05) is 12.3 Å². The number of halogens is 3. The number of aromatic nitrogens is 2. The van der Waals surface area contributed by atoms with E-state index in [2.05, 4.69) is 15.3 Å². The fourth-order valence-corrected chi connectivity index (χ4v) is 2.03. The molecule has 0 bridgehead atoms. The van der Waals surface area contributed by atoms with Crippen molar-refractivity contribution in [3.8, 4) is 11.4 Å². The van der Waals surface area contributed by atoms with Crippen molar-refractivity contribution in [2.45, 2.75) is 13.1 Å². The summed E-state index contributed by atoms with van der Waals surface area (Å²) in [6, 6.07) is 3.05. The van der Waals surface area contributed by atoms with Gasteiger partial charge in [-0.05, 0) is 12.1 Å². The summed E-state index contributed by atoms with van der Waals surface area (Å²) in [4.78, 5) is 18.3. The van der Waals surface area contributed by atoms with Gasteiger partial charge in [-0.25, -0.2) is 4.98 Å². The van der Waals surface area contributed by atoms with E-state index in [9.17, 15) is 18.0 Å². The van der Waals surface area contributed by atoms with Gasteiger partial charge in [-0.3, -0.25) is 9.78 Å². The van der Waals surface area contributed by atoms with Gasteiger partial charge in [-0.2, -0.15) is 13.2 Å². The molecule has 0 saturated carbocycles. The molecule has 0 fully saturated rings. The number of nitrogens with one attached hydrogen (secondary N) is 1. The summed E-state index contributed by atoms with van der Waals surface area (Å²) in [5, 5.41) is 2.90. The highest BCUT2D eigenvalue weighted by atomic mass is 32.1. The first-order chi connectivity index (χ1) is 8.86. The van der Waals surface area contributed by atoms with E-state index in [1.165, 1.54) is 24.6 Å². The maximum absolute atomic E-state index is 12.4. The van der Waals surface area contributed by atoms with E-state index in [1.807, 2.05) is 0 Å². The number of carbonyl (C=O) groups excluding carboxylic acids is 1. The summed E-state index contributed by atoms with van der Waals surface area (Å²) < 4.78 is 37.2. The lowest BCUT2D eigenvalue weighted by Gasteiger charge is -2.02. The van der Waals surface area contributed by atoms with E-state index in [0.717, 1.165) is 0 Å². The molecule has 2 rings (SSSR count). The van der Waals surface area contributed by atoms with Gasteiger partial charge in [-0.15, -0.1) is 11.3 Å². The normalized spacial score (nSPS) is 11.4. The highest BCUT2D eigenvalue weighted by Gasteiger charge is 2.34. The minimum Gasteiger partial charge on any atom is -0.325 e. The molecule has 0 aliphatic carbocycles. The molecular formula is C11H8F3N3OS. The number of hydrogen-bond acceptors (Lipinski definition) is 4. The largest absolute Gasteiger partial charge is 0.443 e. The molecular weight excluding hydrogens is 279 g/mol. The van der Waals surface area contributed by atoms with Crippen molar-refractivity contribution in [2.75, 3.05) is 5.32 Å². The van der Waals surface area contributed by atoms with E-state index in [1.54, 1.807) is 6.07 Å². The molecule has 8 heteroatoms. The predicted octanol–water partition coefficient (Wildman–Crippen LogP) is 3.18. The van der Waals surface area contributed by atoms with Crippen molar-refractivity contribution >= 4 is 22.9 Å². The van der Waals surface area contributed by atoms with Crippen LogP contribution < -0.4 is 5.32 Å². The van der Waals surface area contributed by atoms with Crippen molar-refractivity contribution in [1.82, 2.24) is 9.97 Å². The summed E-state index contributed by atoms with van der Waals surface area (Å²) in [6.07, 6.45) is -3.08. The predicted molar refractivity (Wildman–Crippen MR) is 64.7 cm³/mol. The molecule has 0 aromatic carbocycles. The van der Waals surface area contributed by atoms with Crippen LogP contribution in [0.15, 0.2) is 23.7 Å². The molecule has 19 heavy (non-hydrogen) atoms. The maximum atomic E-state index is 12.4. The lowest BCUT2D eigenvalue weighted by atomic mass is 10.3. The van der Waals surface area contributed by atoms with Crippen LogP contribution in [0.25, 0.3) is 11.4 Å². The second kappa shape index (κ2) is 4.96. The Morgan fingerprint density at radius 2 is 2.05 bits per heavy atom. The number of hydrogen-bond donors (Lipinski definition) is 1. The van der Waals surface area contributed by atoms with E-state index in [-0.39, 0.29) is 11.6 Å². The van der Waals surface area contributed by atoms with Crippen LogP contribution in [0.1, 0.15) is 11.9 Å². The molecule has 0 unspecified atom stereocenters. The van der Waals surface area contributed by atoms with Gasteiger partial charge in [0.1, 0.15) is 5.69 Å². The van der Waals surface area contributed by atoms with Crippen molar-refractivity contribution in [3.05, 3.63) is 28.7 Å². The van der Waals surface area contributed by atoms with Gasteiger partial charge in [0.25, 0.3) is 0 Å². The standard InChI is InChI=1S/C11H8F3N3OS/c1-6(18)16-7-2-3-8(15-4-7)9-5-19-10(17-9)11(12,13)14/h2-5H,1H3,(H,16,18). The summed E-state index contributed by atoms with van der Waals surface area (Å²) in [5.41, 5.74) is 0.954. The first-order valence-electron chi connectivity index (χ1n) is 5.13. The molecule has 0 radical (unpaired) electrons. The topological polar surface area (TPSA) is 54.9 Å². The van der Waals surface area contributed by atoms with E-state index in [4.69, 9.17) is 0 Å². The zero-order chi connectivity index (χ0) is 14.0. The molecule has 1 amide bonds. The third-order valence-corrected chi connectivity index (χ3v) is 2.98. The van der Waals surface area contributed by atoms with Crippen LogP contribution in [0.4, 0.5) is 18.9 Å². The van der Waals surface area contributed by atoms with Gasteiger partial charge in [0.2, 0.25) is 5.91 Å². The van der Waals surface area contributed by atoms with Gasteiger partial charge in [-0.1, -0.05) is 0 Å². The molecule has 4 nitrogen and oxygen atoms in total. The third-order valence-electron chi connectivity index (χ3n) is 2.09. The molecule has 0 spiro atoms. The highest BCUT2D eigenvalue weighted by Crippen LogP contribution is 2.33. The Kier molecular flexibility index (Phi) is 3.52. The molecule has 0 aliphatic rings. The second-order valence-corrected chi connectivity index (χ2v) is 4.51. The summed E-state index contributed by atoms with van der Waals surface area (Å²) in [6.45, 7) is 1.35. The van der Waals surface area contributed by atoms with Gasteiger partial charge >= 0.3 is 6.18 Å².